The van der Waals surface area contributed by atoms with E-state index in [9.17, 15) is 0 Å². The molecule has 0 amide bonds. The number of hydrogen-bond acceptors (Lipinski definition) is 6. The van der Waals surface area contributed by atoms with Crippen molar-refractivity contribution in [1.82, 2.24) is 24.7 Å². The Balaban J connectivity index is 1.55. The van der Waals surface area contributed by atoms with Crippen molar-refractivity contribution in [3.63, 3.8) is 0 Å². The van der Waals surface area contributed by atoms with Crippen molar-refractivity contribution in [2.45, 2.75) is 6.42 Å². The summed E-state index contributed by atoms with van der Waals surface area (Å²) >= 11 is 0. The molecule has 1 aromatic carbocycles. The monoisotopic (exact) mass is 338 g/mol. The molecule has 1 N–H and O–H groups in total. The summed E-state index contributed by atoms with van der Waals surface area (Å²) in [4.78, 5) is 4.68. The van der Waals surface area contributed by atoms with E-state index in [0.29, 0.717) is 0 Å². The number of fused-ring (bicyclic) bond motifs is 1. The van der Waals surface area contributed by atoms with E-state index in [1.165, 1.54) is 0 Å². The predicted molar refractivity (Wildman–Crippen MR) is 96.6 cm³/mol. The number of aliphatic hydroxyl groups excluding tert-OH is 1. The highest BCUT2D eigenvalue weighted by atomic mass is 16.3. The van der Waals surface area contributed by atoms with Crippen LogP contribution in [0.25, 0.3) is 17.0 Å². The van der Waals surface area contributed by atoms with Crippen LogP contribution in [0.5, 0.6) is 0 Å². The summed E-state index contributed by atoms with van der Waals surface area (Å²) in [5, 5.41) is 22.3. The predicted octanol–water partition coefficient (Wildman–Crippen LogP) is 1.30. The molecule has 0 aliphatic carbocycles. The maximum atomic E-state index is 8.97. The average molecular weight is 338 g/mol. The third kappa shape index (κ3) is 3.33. The second-order valence-corrected chi connectivity index (χ2v) is 6.26. The minimum Gasteiger partial charge on any atom is -0.396 e. The zero-order chi connectivity index (χ0) is 17.1. The average Bonchev–Trinajstić information content (AvgIpc) is 3.10. The number of rotatable bonds is 5. The molecule has 0 bridgehead atoms. The van der Waals surface area contributed by atoms with Gasteiger partial charge in [0.2, 0.25) is 0 Å². The first-order valence-electron chi connectivity index (χ1n) is 8.71. The summed E-state index contributed by atoms with van der Waals surface area (Å²) in [7, 11) is 0. The van der Waals surface area contributed by atoms with Crippen molar-refractivity contribution in [3.05, 3.63) is 42.5 Å². The van der Waals surface area contributed by atoms with Crippen molar-refractivity contribution in [1.29, 1.82) is 0 Å². The number of hydrogen-bond donors (Lipinski definition) is 1. The van der Waals surface area contributed by atoms with Gasteiger partial charge in [0.1, 0.15) is 5.82 Å². The zero-order valence-corrected chi connectivity index (χ0v) is 14.1. The van der Waals surface area contributed by atoms with Gasteiger partial charge in [-0.2, -0.15) is 4.52 Å². The Morgan fingerprint density at radius 1 is 0.920 bits per heavy atom. The molecular formula is C18H22N6O. The molecule has 7 heteroatoms. The van der Waals surface area contributed by atoms with E-state index in [4.69, 9.17) is 10.2 Å². The lowest BCUT2D eigenvalue weighted by molar-refractivity contribution is 0.215. The highest BCUT2D eigenvalue weighted by molar-refractivity contribution is 5.59. The highest BCUT2D eigenvalue weighted by Gasteiger charge is 2.19. The summed E-state index contributed by atoms with van der Waals surface area (Å²) in [5.41, 5.74) is 1.76. The molecule has 1 aliphatic rings. The van der Waals surface area contributed by atoms with E-state index in [0.717, 1.165) is 62.0 Å². The Morgan fingerprint density at radius 2 is 1.72 bits per heavy atom. The van der Waals surface area contributed by atoms with Crippen LogP contribution < -0.4 is 4.90 Å². The van der Waals surface area contributed by atoms with Crippen LogP contribution in [0.15, 0.2) is 42.5 Å². The first kappa shape index (κ1) is 16.0. The largest absolute Gasteiger partial charge is 0.396 e. The third-order valence-corrected chi connectivity index (χ3v) is 4.61. The van der Waals surface area contributed by atoms with Gasteiger partial charge in [-0.1, -0.05) is 30.3 Å². The molecular weight excluding hydrogens is 316 g/mol. The fourth-order valence-electron chi connectivity index (χ4n) is 3.21. The lowest BCUT2D eigenvalue weighted by Crippen LogP contribution is -2.47. The van der Waals surface area contributed by atoms with Crippen molar-refractivity contribution in [2.24, 2.45) is 0 Å². The SMILES string of the molecule is OCCCN1CCN(c2ccc3nnc(-c4ccccc4)n3n2)CC1. The first-order valence-corrected chi connectivity index (χ1v) is 8.71. The summed E-state index contributed by atoms with van der Waals surface area (Å²) in [6, 6.07) is 14.0. The highest BCUT2D eigenvalue weighted by Crippen LogP contribution is 2.20. The van der Waals surface area contributed by atoms with Crippen molar-refractivity contribution in [3.8, 4) is 11.4 Å². The molecule has 4 rings (SSSR count). The smallest absolute Gasteiger partial charge is 0.185 e. The summed E-state index contributed by atoms with van der Waals surface area (Å²) in [6.45, 7) is 5.08. The molecule has 0 unspecified atom stereocenters. The number of nitrogens with zero attached hydrogens (tertiary/aromatic N) is 6. The quantitative estimate of drug-likeness (QED) is 0.756. The summed E-state index contributed by atoms with van der Waals surface area (Å²) in [5.74, 6) is 1.71. The van der Waals surface area contributed by atoms with Crippen LogP contribution in [0.2, 0.25) is 0 Å². The molecule has 7 nitrogen and oxygen atoms in total. The Labute approximate surface area is 146 Å². The minimum absolute atomic E-state index is 0.258. The van der Waals surface area contributed by atoms with Crippen LogP contribution >= 0.6 is 0 Å². The van der Waals surface area contributed by atoms with E-state index in [2.05, 4.69) is 20.0 Å². The van der Waals surface area contributed by atoms with Crippen LogP contribution in [-0.4, -0.2) is 69.1 Å². The van der Waals surface area contributed by atoms with E-state index in [1.807, 2.05) is 47.0 Å². The molecule has 2 aromatic heterocycles. The third-order valence-electron chi connectivity index (χ3n) is 4.61. The van der Waals surface area contributed by atoms with Crippen LogP contribution in [0.3, 0.4) is 0 Å². The lowest BCUT2D eigenvalue weighted by atomic mass is 10.2. The Kier molecular flexibility index (Phi) is 4.58. The normalized spacial score (nSPS) is 15.8. The van der Waals surface area contributed by atoms with Crippen molar-refractivity contribution < 1.29 is 5.11 Å². The summed E-state index contributed by atoms with van der Waals surface area (Å²) in [6.07, 6.45) is 0.839. The van der Waals surface area contributed by atoms with Gasteiger partial charge in [0.05, 0.1) is 0 Å². The molecule has 0 saturated carbocycles. The molecule has 1 fully saturated rings. The van der Waals surface area contributed by atoms with Crippen LogP contribution in [0.1, 0.15) is 6.42 Å². The van der Waals surface area contributed by atoms with Gasteiger partial charge >= 0.3 is 0 Å². The van der Waals surface area contributed by atoms with Gasteiger partial charge < -0.3 is 10.0 Å². The van der Waals surface area contributed by atoms with Gasteiger partial charge in [-0.25, -0.2) is 0 Å². The second kappa shape index (κ2) is 7.16. The van der Waals surface area contributed by atoms with E-state index >= 15 is 0 Å². The van der Waals surface area contributed by atoms with Gasteiger partial charge in [-0.3, -0.25) is 4.90 Å². The summed E-state index contributed by atoms with van der Waals surface area (Å²) < 4.78 is 1.82. The van der Waals surface area contributed by atoms with Gasteiger partial charge in [0, 0.05) is 44.9 Å². The molecule has 0 radical (unpaired) electrons. The number of aliphatic hydroxyl groups is 1. The Hall–Kier alpha value is -2.51. The molecule has 1 aliphatic heterocycles. The molecule has 0 atom stereocenters. The number of benzene rings is 1. The number of anilines is 1. The Bertz CT molecular complexity index is 826. The second-order valence-electron chi connectivity index (χ2n) is 6.26. The molecule has 0 spiro atoms. The van der Waals surface area contributed by atoms with E-state index < -0.39 is 0 Å². The molecule has 1 saturated heterocycles. The van der Waals surface area contributed by atoms with Crippen molar-refractivity contribution >= 4 is 11.5 Å². The fourth-order valence-corrected chi connectivity index (χ4v) is 3.21. The van der Waals surface area contributed by atoms with Gasteiger partial charge in [-0.05, 0) is 18.6 Å². The van der Waals surface area contributed by atoms with Crippen LogP contribution in [0.4, 0.5) is 5.82 Å². The molecule has 3 heterocycles. The molecule has 25 heavy (non-hydrogen) atoms. The first-order chi connectivity index (χ1) is 12.3. The van der Waals surface area contributed by atoms with Gasteiger partial charge in [-0.15, -0.1) is 15.3 Å². The number of piperazine rings is 1. The lowest BCUT2D eigenvalue weighted by Gasteiger charge is -2.35. The van der Waals surface area contributed by atoms with Crippen LogP contribution in [-0.2, 0) is 0 Å². The van der Waals surface area contributed by atoms with E-state index in [-0.39, 0.29) is 6.61 Å². The minimum atomic E-state index is 0.258. The Morgan fingerprint density at radius 3 is 2.48 bits per heavy atom. The maximum Gasteiger partial charge on any atom is 0.185 e. The van der Waals surface area contributed by atoms with Gasteiger partial charge in [0.15, 0.2) is 11.5 Å². The molecule has 3 aromatic rings. The van der Waals surface area contributed by atoms with Gasteiger partial charge in [0.25, 0.3) is 0 Å². The standard InChI is InChI=1S/C18H22N6O/c25-14-4-9-22-10-12-23(13-11-22)17-8-7-16-19-20-18(24(16)21-17)15-5-2-1-3-6-15/h1-3,5-8,25H,4,9-14H2. The van der Waals surface area contributed by atoms with E-state index in [1.54, 1.807) is 0 Å². The molecule has 130 valence electrons. The van der Waals surface area contributed by atoms with Crippen LogP contribution in [0, 0.1) is 0 Å². The maximum absolute atomic E-state index is 8.97. The fraction of sp³-hybridized carbons (Fsp3) is 0.389. The van der Waals surface area contributed by atoms with Crippen molar-refractivity contribution in [2.75, 3.05) is 44.2 Å². The zero-order valence-electron chi connectivity index (χ0n) is 14.1. The topological polar surface area (TPSA) is 69.8 Å². The number of aromatic nitrogens is 4.